The minimum Gasteiger partial charge on any atom is -0.343 e. The Hall–Kier alpha value is -2.06. The van der Waals surface area contributed by atoms with E-state index in [0.29, 0.717) is 0 Å². The lowest BCUT2D eigenvalue weighted by atomic mass is 10.1. The van der Waals surface area contributed by atoms with Gasteiger partial charge in [-0.05, 0) is 37.5 Å². The van der Waals surface area contributed by atoms with Crippen molar-refractivity contribution < 1.29 is 0 Å². The van der Waals surface area contributed by atoms with Crippen LogP contribution >= 0.6 is 0 Å². The molecule has 21 heavy (non-hydrogen) atoms. The number of nitrogens with two attached hydrogens (primary N) is 1. The van der Waals surface area contributed by atoms with Crippen molar-refractivity contribution in [3.8, 4) is 0 Å². The molecule has 2 nitrogen and oxygen atoms in total. The van der Waals surface area contributed by atoms with E-state index in [-0.39, 0.29) is 6.04 Å². The molecule has 0 saturated carbocycles. The Balaban J connectivity index is 2.00. The van der Waals surface area contributed by atoms with E-state index in [9.17, 15) is 0 Å². The van der Waals surface area contributed by atoms with E-state index in [0.717, 1.165) is 13.0 Å². The van der Waals surface area contributed by atoms with Crippen LogP contribution in [0.25, 0.3) is 10.9 Å². The highest BCUT2D eigenvalue weighted by atomic mass is 15.0. The minimum atomic E-state index is 0.184. The van der Waals surface area contributed by atoms with E-state index in [2.05, 4.69) is 73.1 Å². The van der Waals surface area contributed by atoms with Crippen LogP contribution in [0.4, 0.5) is 0 Å². The second-order valence-corrected chi connectivity index (χ2v) is 5.97. The monoisotopic (exact) mass is 278 g/mol. The van der Waals surface area contributed by atoms with E-state index in [1.165, 1.54) is 27.6 Å². The molecule has 0 saturated heterocycles. The van der Waals surface area contributed by atoms with Crippen molar-refractivity contribution in [2.24, 2.45) is 5.73 Å². The molecule has 3 aromatic rings. The highest BCUT2D eigenvalue weighted by Crippen LogP contribution is 2.23. The number of hydrogen-bond acceptors (Lipinski definition) is 1. The lowest BCUT2D eigenvalue weighted by Gasteiger charge is -2.06. The molecule has 0 fully saturated rings. The molecule has 0 spiro atoms. The minimum absolute atomic E-state index is 0.184. The fourth-order valence-electron chi connectivity index (χ4n) is 2.85. The molecule has 0 aliphatic carbocycles. The fraction of sp³-hybridized carbons (Fsp3) is 0.263. The first kappa shape index (κ1) is 13.9. The van der Waals surface area contributed by atoms with Crippen molar-refractivity contribution in [3.05, 3.63) is 71.4 Å². The molecule has 1 atom stereocenters. The predicted octanol–water partition coefficient (Wildman–Crippen LogP) is 3.89. The van der Waals surface area contributed by atoms with Crippen LogP contribution in [0, 0.1) is 6.92 Å². The maximum Gasteiger partial charge on any atom is 0.0486 e. The van der Waals surface area contributed by atoms with Gasteiger partial charge >= 0.3 is 0 Å². The van der Waals surface area contributed by atoms with E-state index in [1.807, 2.05) is 0 Å². The van der Waals surface area contributed by atoms with Gasteiger partial charge in [-0.1, -0.05) is 48.0 Å². The van der Waals surface area contributed by atoms with Crippen molar-refractivity contribution in [1.82, 2.24) is 4.57 Å². The summed E-state index contributed by atoms with van der Waals surface area (Å²) in [6, 6.07) is 17.5. The van der Waals surface area contributed by atoms with Gasteiger partial charge in [0.05, 0.1) is 0 Å². The Morgan fingerprint density at radius 1 is 1.05 bits per heavy atom. The van der Waals surface area contributed by atoms with Gasteiger partial charge in [0.25, 0.3) is 0 Å². The Morgan fingerprint density at radius 2 is 1.76 bits per heavy atom. The normalized spacial score (nSPS) is 12.7. The third-order valence-electron chi connectivity index (χ3n) is 3.89. The number of aromatic nitrogens is 1. The van der Waals surface area contributed by atoms with Crippen LogP contribution < -0.4 is 5.73 Å². The number of fused-ring (bicyclic) bond motifs is 1. The molecule has 1 unspecified atom stereocenters. The summed E-state index contributed by atoms with van der Waals surface area (Å²) < 4.78 is 2.33. The summed E-state index contributed by atoms with van der Waals surface area (Å²) in [5.41, 5.74) is 11.2. The van der Waals surface area contributed by atoms with Gasteiger partial charge in [0.2, 0.25) is 0 Å². The molecule has 1 aromatic heterocycles. The van der Waals surface area contributed by atoms with Gasteiger partial charge in [0, 0.05) is 29.7 Å². The predicted molar refractivity (Wildman–Crippen MR) is 89.6 cm³/mol. The van der Waals surface area contributed by atoms with Gasteiger partial charge in [-0.3, -0.25) is 0 Å². The summed E-state index contributed by atoms with van der Waals surface area (Å²) in [5, 5.41) is 1.32. The number of para-hydroxylation sites is 1. The second-order valence-electron chi connectivity index (χ2n) is 5.97. The van der Waals surface area contributed by atoms with Crippen molar-refractivity contribution in [2.45, 2.75) is 32.9 Å². The van der Waals surface area contributed by atoms with Crippen molar-refractivity contribution in [3.63, 3.8) is 0 Å². The maximum atomic E-state index is 5.98. The van der Waals surface area contributed by atoms with Crippen molar-refractivity contribution in [1.29, 1.82) is 0 Å². The zero-order valence-corrected chi connectivity index (χ0v) is 12.7. The fourth-order valence-corrected chi connectivity index (χ4v) is 2.85. The van der Waals surface area contributed by atoms with Crippen LogP contribution in [0.1, 0.15) is 23.6 Å². The molecule has 0 bridgehead atoms. The van der Waals surface area contributed by atoms with E-state index in [4.69, 9.17) is 5.73 Å². The summed E-state index contributed by atoms with van der Waals surface area (Å²) in [6.07, 6.45) is 3.18. The molecule has 2 N–H and O–H groups in total. The molecule has 0 amide bonds. The maximum absolute atomic E-state index is 5.98. The summed E-state index contributed by atoms with van der Waals surface area (Å²) in [7, 11) is 0. The van der Waals surface area contributed by atoms with Crippen LogP contribution in [-0.4, -0.2) is 10.6 Å². The van der Waals surface area contributed by atoms with Crippen molar-refractivity contribution in [2.75, 3.05) is 0 Å². The largest absolute Gasteiger partial charge is 0.343 e. The number of aryl methyl sites for hydroxylation is 1. The smallest absolute Gasteiger partial charge is 0.0486 e. The molecule has 0 aliphatic rings. The zero-order chi connectivity index (χ0) is 14.8. The lowest BCUT2D eigenvalue weighted by molar-refractivity contribution is 0.735. The molecule has 1 heterocycles. The highest BCUT2D eigenvalue weighted by molar-refractivity contribution is 5.84. The van der Waals surface area contributed by atoms with Gasteiger partial charge in [-0.25, -0.2) is 0 Å². The molecule has 0 aliphatic heterocycles. The summed E-state index contributed by atoms with van der Waals surface area (Å²) in [4.78, 5) is 0. The Kier molecular flexibility index (Phi) is 3.80. The SMILES string of the molecule is Cc1ccc(Cn2cc(CC(C)N)c3ccccc32)cc1. The molecular weight excluding hydrogens is 256 g/mol. The topological polar surface area (TPSA) is 30.9 Å². The first-order valence-corrected chi connectivity index (χ1v) is 7.51. The molecular formula is C19H22N2. The standard InChI is InChI=1S/C19H22N2/c1-14-7-9-16(10-8-14)12-21-13-17(11-15(2)20)18-5-3-4-6-19(18)21/h3-10,13,15H,11-12,20H2,1-2H3. The third-order valence-corrected chi connectivity index (χ3v) is 3.89. The molecule has 2 aromatic carbocycles. The van der Waals surface area contributed by atoms with Gasteiger partial charge in [-0.2, -0.15) is 0 Å². The first-order valence-electron chi connectivity index (χ1n) is 7.51. The Bertz CT molecular complexity index is 736. The summed E-state index contributed by atoms with van der Waals surface area (Å²) >= 11 is 0. The van der Waals surface area contributed by atoms with Gasteiger partial charge < -0.3 is 10.3 Å². The van der Waals surface area contributed by atoms with Gasteiger partial charge in [0.15, 0.2) is 0 Å². The number of nitrogens with zero attached hydrogens (tertiary/aromatic N) is 1. The summed E-state index contributed by atoms with van der Waals surface area (Å²) in [6.45, 7) is 5.08. The van der Waals surface area contributed by atoms with Crippen LogP contribution in [-0.2, 0) is 13.0 Å². The number of hydrogen-bond donors (Lipinski definition) is 1. The first-order chi connectivity index (χ1) is 10.1. The van der Waals surface area contributed by atoms with Crippen LogP contribution in [0.15, 0.2) is 54.7 Å². The van der Waals surface area contributed by atoms with E-state index >= 15 is 0 Å². The number of benzene rings is 2. The third kappa shape index (κ3) is 3.01. The Morgan fingerprint density at radius 3 is 2.48 bits per heavy atom. The number of rotatable bonds is 4. The second kappa shape index (κ2) is 5.74. The lowest BCUT2D eigenvalue weighted by Crippen LogP contribution is -2.17. The average molecular weight is 278 g/mol. The van der Waals surface area contributed by atoms with Gasteiger partial charge in [0.1, 0.15) is 0 Å². The molecule has 3 rings (SSSR count). The van der Waals surface area contributed by atoms with E-state index < -0.39 is 0 Å². The average Bonchev–Trinajstić information content (AvgIpc) is 2.79. The molecule has 108 valence electrons. The Labute approximate surface area is 126 Å². The van der Waals surface area contributed by atoms with Crippen LogP contribution in [0.3, 0.4) is 0 Å². The van der Waals surface area contributed by atoms with Crippen molar-refractivity contribution >= 4 is 10.9 Å². The highest BCUT2D eigenvalue weighted by Gasteiger charge is 2.09. The van der Waals surface area contributed by atoms with Crippen LogP contribution in [0.2, 0.25) is 0 Å². The molecule has 2 heteroatoms. The quantitative estimate of drug-likeness (QED) is 0.771. The molecule has 0 radical (unpaired) electrons. The van der Waals surface area contributed by atoms with Crippen LogP contribution in [0.5, 0.6) is 0 Å². The zero-order valence-electron chi connectivity index (χ0n) is 12.7. The van der Waals surface area contributed by atoms with Gasteiger partial charge in [-0.15, -0.1) is 0 Å². The van der Waals surface area contributed by atoms with E-state index in [1.54, 1.807) is 0 Å². The summed E-state index contributed by atoms with van der Waals surface area (Å²) in [5.74, 6) is 0.